The van der Waals surface area contributed by atoms with Gasteiger partial charge in [0.1, 0.15) is 0 Å². The highest BCUT2D eigenvalue weighted by molar-refractivity contribution is 4.56. The van der Waals surface area contributed by atoms with Crippen LogP contribution in [0.1, 0.15) is 40.0 Å². The summed E-state index contributed by atoms with van der Waals surface area (Å²) in [7, 11) is 0. The Morgan fingerprint density at radius 1 is 1.15 bits per heavy atom. The highest BCUT2D eigenvalue weighted by atomic mass is 16.5. The van der Waals surface area contributed by atoms with E-state index in [0.29, 0.717) is 0 Å². The van der Waals surface area contributed by atoms with Gasteiger partial charge < -0.3 is 10.1 Å². The third kappa shape index (κ3) is 9.84. The van der Waals surface area contributed by atoms with Crippen LogP contribution in [0.25, 0.3) is 0 Å². The first-order valence-corrected chi connectivity index (χ1v) is 5.59. The Morgan fingerprint density at radius 2 is 1.92 bits per heavy atom. The molecule has 1 unspecified atom stereocenters. The zero-order valence-electron chi connectivity index (χ0n) is 9.44. The molecule has 0 rings (SSSR count). The number of rotatable bonds is 9. The van der Waals surface area contributed by atoms with E-state index in [4.69, 9.17) is 4.74 Å². The number of hydrogen-bond donors (Lipinski definition) is 1. The van der Waals surface area contributed by atoms with Gasteiger partial charge >= 0.3 is 0 Å². The van der Waals surface area contributed by atoms with Crippen LogP contribution < -0.4 is 5.32 Å². The fourth-order valence-corrected chi connectivity index (χ4v) is 1.16. The molecule has 2 nitrogen and oxygen atoms in total. The van der Waals surface area contributed by atoms with Gasteiger partial charge in [0.25, 0.3) is 0 Å². The molecular weight excluding hydrogens is 162 g/mol. The van der Waals surface area contributed by atoms with Crippen molar-refractivity contribution in [1.29, 1.82) is 0 Å². The third-order valence-corrected chi connectivity index (χ3v) is 2.02. The standard InChI is InChI=1S/C11H25NO/c1-4-7-12-10-11(3)6-9-13-8-5-2/h11-12H,4-10H2,1-3H3. The van der Waals surface area contributed by atoms with Gasteiger partial charge in [-0.3, -0.25) is 0 Å². The molecule has 2 heteroatoms. The van der Waals surface area contributed by atoms with E-state index in [2.05, 4.69) is 26.1 Å². The molecule has 0 bridgehead atoms. The summed E-state index contributed by atoms with van der Waals surface area (Å²) in [5.41, 5.74) is 0. The molecule has 0 aromatic heterocycles. The molecule has 80 valence electrons. The molecule has 0 fully saturated rings. The Balaban J connectivity index is 3.05. The summed E-state index contributed by atoms with van der Waals surface area (Å²) >= 11 is 0. The SMILES string of the molecule is CCCNCC(C)CCOCCC. The van der Waals surface area contributed by atoms with E-state index >= 15 is 0 Å². The molecule has 0 amide bonds. The highest BCUT2D eigenvalue weighted by Crippen LogP contribution is 2.00. The van der Waals surface area contributed by atoms with Crippen LogP contribution in [0.5, 0.6) is 0 Å². The van der Waals surface area contributed by atoms with Crippen molar-refractivity contribution in [1.82, 2.24) is 5.32 Å². The minimum absolute atomic E-state index is 0.739. The zero-order valence-corrected chi connectivity index (χ0v) is 9.44. The van der Waals surface area contributed by atoms with Gasteiger partial charge in [-0.2, -0.15) is 0 Å². The first kappa shape index (κ1) is 12.9. The van der Waals surface area contributed by atoms with Crippen molar-refractivity contribution in [3.8, 4) is 0 Å². The van der Waals surface area contributed by atoms with Crippen LogP contribution in [0.15, 0.2) is 0 Å². The van der Waals surface area contributed by atoms with Crippen LogP contribution in [-0.2, 0) is 4.74 Å². The van der Waals surface area contributed by atoms with Crippen molar-refractivity contribution in [2.24, 2.45) is 5.92 Å². The highest BCUT2D eigenvalue weighted by Gasteiger charge is 2.00. The molecule has 1 N–H and O–H groups in total. The molecule has 0 aliphatic heterocycles. The van der Waals surface area contributed by atoms with E-state index in [1.54, 1.807) is 0 Å². The molecule has 13 heavy (non-hydrogen) atoms. The zero-order chi connectivity index (χ0) is 9.94. The first-order chi connectivity index (χ1) is 6.31. The van der Waals surface area contributed by atoms with Crippen LogP contribution in [-0.4, -0.2) is 26.3 Å². The second-order valence-corrected chi connectivity index (χ2v) is 3.71. The number of ether oxygens (including phenoxy) is 1. The maximum atomic E-state index is 5.43. The van der Waals surface area contributed by atoms with Gasteiger partial charge in [0.15, 0.2) is 0 Å². The van der Waals surface area contributed by atoms with Gasteiger partial charge in [-0.1, -0.05) is 20.8 Å². The molecule has 0 radical (unpaired) electrons. The smallest absolute Gasteiger partial charge is 0.0469 e. The predicted octanol–water partition coefficient (Wildman–Crippen LogP) is 2.44. The Kier molecular flexibility index (Phi) is 9.94. The molecule has 0 saturated carbocycles. The molecule has 0 aliphatic carbocycles. The van der Waals surface area contributed by atoms with E-state index in [9.17, 15) is 0 Å². The van der Waals surface area contributed by atoms with E-state index in [1.807, 2.05) is 0 Å². The lowest BCUT2D eigenvalue weighted by Crippen LogP contribution is -2.22. The van der Waals surface area contributed by atoms with Crippen LogP contribution >= 0.6 is 0 Å². The molecular formula is C11H25NO. The summed E-state index contributed by atoms with van der Waals surface area (Å²) in [4.78, 5) is 0. The molecule has 0 saturated heterocycles. The van der Waals surface area contributed by atoms with Crippen molar-refractivity contribution in [3.05, 3.63) is 0 Å². The van der Waals surface area contributed by atoms with Gasteiger partial charge in [0.2, 0.25) is 0 Å². The third-order valence-electron chi connectivity index (χ3n) is 2.02. The lowest BCUT2D eigenvalue weighted by molar-refractivity contribution is 0.122. The van der Waals surface area contributed by atoms with Crippen molar-refractivity contribution < 1.29 is 4.74 Å². The lowest BCUT2D eigenvalue weighted by atomic mass is 10.1. The van der Waals surface area contributed by atoms with Crippen molar-refractivity contribution in [2.75, 3.05) is 26.3 Å². The van der Waals surface area contributed by atoms with Crippen LogP contribution in [0.3, 0.4) is 0 Å². The van der Waals surface area contributed by atoms with Gasteiger partial charge in [-0.25, -0.2) is 0 Å². The molecule has 0 aliphatic rings. The minimum atomic E-state index is 0.739. The van der Waals surface area contributed by atoms with Crippen molar-refractivity contribution in [2.45, 2.75) is 40.0 Å². The molecule has 0 spiro atoms. The maximum Gasteiger partial charge on any atom is 0.0469 e. The van der Waals surface area contributed by atoms with Crippen LogP contribution in [0, 0.1) is 5.92 Å². The van der Waals surface area contributed by atoms with E-state index in [0.717, 1.165) is 38.6 Å². The fourth-order valence-electron chi connectivity index (χ4n) is 1.16. The monoisotopic (exact) mass is 187 g/mol. The van der Waals surface area contributed by atoms with E-state index in [-0.39, 0.29) is 0 Å². The van der Waals surface area contributed by atoms with Gasteiger partial charge in [0.05, 0.1) is 0 Å². The second-order valence-electron chi connectivity index (χ2n) is 3.71. The number of hydrogen-bond acceptors (Lipinski definition) is 2. The summed E-state index contributed by atoms with van der Waals surface area (Å²) in [5.74, 6) is 0.739. The summed E-state index contributed by atoms with van der Waals surface area (Å²) in [6.07, 6.45) is 3.53. The van der Waals surface area contributed by atoms with Crippen molar-refractivity contribution >= 4 is 0 Å². The van der Waals surface area contributed by atoms with Gasteiger partial charge in [-0.15, -0.1) is 0 Å². The van der Waals surface area contributed by atoms with Crippen molar-refractivity contribution in [3.63, 3.8) is 0 Å². The van der Waals surface area contributed by atoms with Crippen LogP contribution in [0.4, 0.5) is 0 Å². The summed E-state index contributed by atoms with van der Waals surface area (Å²) < 4.78 is 5.43. The minimum Gasteiger partial charge on any atom is -0.381 e. The Morgan fingerprint density at radius 3 is 2.54 bits per heavy atom. The maximum absolute atomic E-state index is 5.43. The average Bonchev–Trinajstić information content (AvgIpc) is 2.13. The fraction of sp³-hybridized carbons (Fsp3) is 1.00. The first-order valence-electron chi connectivity index (χ1n) is 5.59. The topological polar surface area (TPSA) is 21.3 Å². The summed E-state index contributed by atoms with van der Waals surface area (Å²) in [6.45, 7) is 10.7. The van der Waals surface area contributed by atoms with Gasteiger partial charge in [0, 0.05) is 13.2 Å². The average molecular weight is 187 g/mol. The predicted molar refractivity (Wildman–Crippen MR) is 58.1 cm³/mol. The quantitative estimate of drug-likeness (QED) is 0.560. The Hall–Kier alpha value is -0.0800. The summed E-state index contributed by atoms with van der Waals surface area (Å²) in [5, 5.41) is 3.42. The van der Waals surface area contributed by atoms with E-state index in [1.165, 1.54) is 12.8 Å². The summed E-state index contributed by atoms with van der Waals surface area (Å²) in [6, 6.07) is 0. The molecule has 0 aromatic carbocycles. The molecule has 0 heterocycles. The molecule has 1 atom stereocenters. The lowest BCUT2D eigenvalue weighted by Gasteiger charge is -2.11. The Bertz CT molecular complexity index is 96.1. The van der Waals surface area contributed by atoms with Crippen LogP contribution in [0.2, 0.25) is 0 Å². The second kappa shape index (κ2) is 10.0. The normalized spacial score (nSPS) is 13.2. The largest absolute Gasteiger partial charge is 0.381 e. The van der Waals surface area contributed by atoms with Gasteiger partial charge in [-0.05, 0) is 38.3 Å². The number of nitrogens with one attached hydrogen (secondary N) is 1. The molecule has 0 aromatic rings. The van der Waals surface area contributed by atoms with E-state index < -0.39 is 0 Å². The Labute approximate surface area is 83.1 Å².